The van der Waals surface area contributed by atoms with Crippen molar-refractivity contribution in [1.82, 2.24) is 0 Å². The molecule has 0 aliphatic heterocycles. The molecule has 0 radical (unpaired) electrons. The van der Waals surface area contributed by atoms with Crippen LogP contribution in [0.1, 0.15) is 11.1 Å². The SMILES string of the molecule is O=C=C(C(=O)N(C(=O)/C=C/c1ccccc1)c1ccccc1)c1ccccc1. The molecule has 0 unspecified atom stereocenters. The molecule has 0 aromatic heterocycles. The number of carbonyl (C=O) groups excluding carboxylic acids is 3. The lowest BCUT2D eigenvalue weighted by Gasteiger charge is -2.20. The Kier molecular flexibility index (Phi) is 6.09. The highest BCUT2D eigenvalue weighted by Crippen LogP contribution is 2.21. The highest BCUT2D eigenvalue weighted by Gasteiger charge is 2.26. The fourth-order valence-electron chi connectivity index (χ4n) is 2.67. The molecule has 0 N–H and O–H groups in total. The highest BCUT2D eigenvalue weighted by atomic mass is 16.2. The summed E-state index contributed by atoms with van der Waals surface area (Å²) in [5, 5.41) is 0. The normalized spacial score (nSPS) is 10.3. The van der Waals surface area contributed by atoms with E-state index < -0.39 is 11.8 Å². The molecular weight excluding hydrogens is 350 g/mol. The van der Waals surface area contributed by atoms with Gasteiger partial charge in [0.15, 0.2) is 0 Å². The summed E-state index contributed by atoms with van der Waals surface area (Å²) in [5.74, 6) is 0.417. The molecule has 0 spiro atoms. The Hall–Kier alpha value is -4.01. The topological polar surface area (TPSA) is 54.5 Å². The number of imide groups is 1. The third-order valence-electron chi connectivity index (χ3n) is 4.03. The van der Waals surface area contributed by atoms with E-state index in [-0.39, 0.29) is 5.57 Å². The number of nitrogens with zero attached hydrogens (tertiary/aromatic N) is 1. The van der Waals surface area contributed by atoms with Crippen molar-refractivity contribution in [3.05, 3.63) is 108 Å². The van der Waals surface area contributed by atoms with Crippen molar-refractivity contribution in [3.8, 4) is 0 Å². The summed E-state index contributed by atoms with van der Waals surface area (Å²) >= 11 is 0. The Labute approximate surface area is 163 Å². The monoisotopic (exact) mass is 367 g/mol. The number of hydrogen-bond acceptors (Lipinski definition) is 3. The van der Waals surface area contributed by atoms with Crippen LogP contribution >= 0.6 is 0 Å². The molecule has 4 heteroatoms. The van der Waals surface area contributed by atoms with Gasteiger partial charge >= 0.3 is 0 Å². The van der Waals surface area contributed by atoms with E-state index in [1.165, 1.54) is 6.08 Å². The van der Waals surface area contributed by atoms with E-state index in [4.69, 9.17) is 0 Å². The second-order valence-electron chi connectivity index (χ2n) is 5.90. The minimum atomic E-state index is -0.727. The maximum absolute atomic E-state index is 13.1. The Balaban J connectivity index is 1.98. The Morgan fingerprint density at radius 2 is 1.29 bits per heavy atom. The summed E-state index contributed by atoms with van der Waals surface area (Å²) in [5.41, 5.74) is 1.40. The molecule has 3 aromatic rings. The van der Waals surface area contributed by atoms with Crippen molar-refractivity contribution < 1.29 is 14.4 Å². The van der Waals surface area contributed by atoms with Gasteiger partial charge in [-0.2, -0.15) is 0 Å². The molecule has 136 valence electrons. The van der Waals surface area contributed by atoms with Gasteiger partial charge in [0.05, 0.1) is 5.69 Å². The standard InChI is InChI=1S/C24H17NO3/c26-18-22(20-12-6-2-7-13-20)24(28)25(21-14-8-3-9-15-21)23(27)17-16-19-10-4-1-5-11-19/h1-17H/b17-16+. The van der Waals surface area contributed by atoms with Crippen LogP contribution in [-0.4, -0.2) is 17.8 Å². The van der Waals surface area contributed by atoms with Crippen LogP contribution < -0.4 is 4.90 Å². The molecule has 4 nitrogen and oxygen atoms in total. The molecule has 0 heterocycles. The van der Waals surface area contributed by atoms with Gasteiger partial charge in [0, 0.05) is 6.08 Å². The molecule has 28 heavy (non-hydrogen) atoms. The van der Waals surface area contributed by atoms with Crippen LogP contribution in [0.3, 0.4) is 0 Å². The van der Waals surface area contributed by atoms with E-state index >= 15 is 0 Å². The first-order valence-corrected chi connectivity index (χ1v) is 8.68. The second kappa shape index (κ2) is 9.08. The minimum absolute atomic E-state index is 0.203. The maximum Gasteiger partial charge on any atom is 0.277 e. The van der Waals surface area contributed by atoms with Gasteiger partial charge in [-0.3, -0.25) is 9.59 Å². The van der Waals surface area contributed by atoms with Crippen LogP contribution in [0.15, 0.2) is 97.1 Å². The van der Waals surface area contributed by atoms with E-state index in [0.29, 0.717) is 11.3 Å². The van der Waals surface area contributed by atoms with Gasteiger partial charge in [0.1, 0.15) is 11.5 Å². The van der Waals surface area contributed by atoms with Gasteiger partial charge in [-0.15, -0.1) is 0 Å². The van der Waals surface area contributed by atoms with Gasteiger partial charge in [0.25, 0.3) is 11.8 Å². The van der Waals surface area contributed by atoms with Gasteiger partial charge < -0.3 is 0 Å². The molecule has 3 rings (SSSR count). The first kappa shape index (κ1) is 18.8. The first-order valence-electron chi connectivity index (χ1n) is 8.68. The summed E-state index contributed by atoms with van der Waals surface area (Å²) < 4.78 is 0. The summed E-state index contributed by atoms with van der Waals surface area (Å²) in [6.45, 7) is 0. The molecule has 3 aromatic carbocycles. The number of rotatable bonds is 5. The maximum atomic E-state index is 13.1. The number of hydrogen-bond donors (Lipinski definition) is 0. The van der Waals surface area contributed by atoms with Crippen molar-refractivity contribution in [3.63, 3.8) is 0 Å². The van der Waals surface area contributed by atoms with Crippen LogP contribution in [-0.2, 0) is 14.4 Å². The predicted molar refractivity (Wildman–Crippen MR) is 110 cm³/mol. The summed E-state index contributed by atoms with van der Waals surface area (Å²) in [7, 11) is 0. The number of anilines is 1. The van der Waals surface area contributed by atoms with E-state index in [1.807, 2.05) is 30.3 Å². The largest absolute Gasteiger partial charge is 0.277 e. The van der Waals surface area contributed by atoms with Crippen LogP contribution in [0.25, 0.3) is 11.6 Å². The number of carbonyl (C=O) groups is 2. The fraction of sp³-hybridized carbons (Fsp3) is 0. The van der Waals surface area contributed by atoms with Crippen LogP contribution in [0.2, 0.25) is 0 Å². The third-order valence-corrected chi connectivity index (χ3v) is 4.03. The smallest absolute Gasteiger partial charge is 0.269 e. The number of benzene rings is 3. The molecule has 0 saturated carbocycles. The molecule has 0 aliphatic rings. The van der Waals surface area contributed by atoms with Gasteiger partial charge in [-0.1, -0.05) is 78.9 Å². The zero-order valence-corrected chi connectivity index (χ0v) is 15.0. The molecule has 0 saturated heterocycles. The number of para-hydroxylation sites is 1. The van der Waals surface area contributed by atoms with Crippen molar-refractivity contribution in [1.29, 1.82) is 0 Å². The van der Waals surface area contributed by atoms with Gasteiger partial charge in [-0.25, -0.2) is 9.69 Å². The second-order valence-corrected chi connectivity index (χ2v) is 5.90. The van der Waals surface area contributed by atoms with Gasteiger partial charge in [-0.05, 0) is 29.3 Å². The summed E-state index contributed by atoms with van der Waals surface area (Å²) in [4.78, 5) is 38.5. The van der Waals surface area contributed by atoms with Gasteiger partial charge in [0.2, 0.25) is 0 Å². The lowest BCUT2D eigenvalue weighted by Crippen LogP contribution is -2.36. The molecular formula is C24H17NO3. The molecule has 0 fully saturated rings. The lowest BCUT2D eigenvalue weighted by atomic mass is 10.1. The van der Waals surface area contributed by atoms with E-state index in [2.05, 4.69) is 0 Å². The van der Waals surface area contributed by atoms with Crippen LogP contribution in [0.5, 0.6) is 0 Å². The minimum Gasteiger partial charge on any atom is -0.269 e. The van der Waals surface area contributed by atoms with E-state index in [1.54, 1.807) is 72.7 Å². The Bertz CT molecular complexity index is 1030. The van der Waals surface area contributed by atoms with Crippen molar-refractivity contribution in [2.45, 2.75) is 0 Å². The van der Waals surface area contributed by atoms with Crippen molar-refractivity contribution in [2.24, 2.45) is 0 Å². The Morgan fingerprint density at radius 3 is 1.86 bits per heavy atom. The van der Waals surface area contributed by atoms with Crippen molar-refractivity contribution >= 4 is 35.1 Å². The number of amides is 2. The average molecular weight is 367 g/mol. The van der Waals surface area contributed by atoms with Crippen LogP contribution in [0, 0.1) is 0 Å². The first-order chi connectivity index (χ1) is 13.7. The molecule has 0 atom stereocenters. The molecule has 0 bridgehead atoms. The summed E-state index contributed by atoms with van der Waals surface area (Å²) in [6, 6.07) is 26.2. The van der Waals surface area contributed by atoms with Crippen molar-refractivity contribution in [2.75, 3.05) is 4.90 Å². The zero-order chi connectivity index (χ0) is 19.8. The zero-order valence-electron chi connectivity index (χ0n) is 15.0. The quantitative estimate of drug-likeness (QED) is 0.502. The Morgan fingerprint density at radius 1 is 0.750 bits per heavy atom. The molecule has 2 amide bonds. The van der Waals surface area contributed by atoms with E-state index in [0.717, 1.165) is 10.5 Å². The summed E-state index contributed by atoms with van der Waals surface area (Å²) in [6.07, 6.45) is 2.94. The average Bonchev–Trinajstić information content (AvgIpc) is 2.75. The molecule has 0 aliphatic carbocycles. The third kappa shape index (κ3) is 4.39. The van der Waals surface area contributed by atoms with Crippen LogP contribution in [0.4, 0.5) is 5.69 Å². The lowest BCUT2D eigenvalue weighted by molar-refractivity contribution is -0.121. The van der Waals surface area contributed by atoms with E-state index in [9.17, 15) is 14.4 Å². The predicted octanol–water partition coefficient (Wildman–Crippen LogP) is 4.17. The fourth-order valence-corrected chi connectivity index (χ4v) is 2.67. The highest BCUT2D eigenvalue weighted by molar-refractivity contribution is 6.39.